The summed E-state index contributed by atoms with van der Waals surface area (Å²) in [5.74, 6) is 0. The Kier molecular flexibility index (Phi) is 9.00. The first kappa shape index (κ1) is 14.8. The first-order chi connectivity index (χ1) is 7.06. The molecule has 0 aromatic rings. The van der Waals surface area contributed by atoms with E-state index in [4.69, 9.17) is 14.2 Å². The zero-order chi connectivity index (χ0) is 11.6. The number of hydrogen-bond donors (Lipinski definition) is 1. The molecule has 0 saturated carbocycles. The topological polar surface area (TPSA) is 39.7 Å². The van der Waals surface area contributed by atoms with Crippen molar-refractivity contribution in [3.63, 3.8) is 0 Å². The quantitative estimate of drug-likeness (QED) is 0.589. The molecule has 0 aliphatic carbocycles. The van der Waals surface area contributed by atoms with Gasteiger partial charge in [0.1, 0.15) is 0 Å². The molecule has 0 radical (unpaired) electrons. The molecule has 1 N–H and O–H groups in total. The normalized spacial score (nSPS) is 12.0. The van der Waals surface area contributed by atoms with Crippen LogP contribution >= 0.6 is 0 Å². The van der Waals surface area contributed by atoms with E-state index in [2.05, 4.69) is 5.32 Å². The molecule has 4 nitrogen and oxygen atoms in total. The fraction of sp³-hybridized carbons (Fsp3) is 1.00. The van der Waals surface area contributed by atoms with E-state index in [1.165, 1.54) is 0 Å². The number of ether oxygens (including phenoxy) is 3. The summed E-state index contributed by atoms with van der Waals surface area (Å²) in [6.07, 6.45) is 0. The Bertz CT molecular complexity index is 134. The minimum Gasteiger partial charge on any atom is -0.378 e. The van der Waals surface area contributed by atoms with Crippen LogP contribution in [0.2, 0.25) is 0 Å². The highest BCUT2D eigenvalue weighted by molar-refractivity contribution is 4.57. The van der Waals surface area contributed by atoms with Crippen LogP contribution < -0.4 is 5.32 Å². The summed E-state index contributed by atoms with van der Waals surface area (Å²) in [7, 11) is 1.91. The monoisotopic (exact) mass is 219 g/mol. The van der Waals surface area contributed by atoms with Gasteiger partial charge in [0.2, 0.25) is 0 Å². The van der Waals surface area contributed by atoms with Crippen molar-refractivity contribution in [2.45, 2.75) is 26.4 Å². The predicted octanol–water partition coefficient (Wildman–Crippen LogP) is 1.05. The number of hydrogen-bond acceptors (Lipinski definition) is 4. The van der Waals surface area contributed by atoms with Crippen LogP contribution in [-0.4, -0.2) is 52.2 Å². The second kappa shape index (κ2) is 9.09. The van der Waals surface area contributed by atoms with Gasteiger partial charge in [-0.2, -0.15) is 0 Å². The molecule has 0 aromatic carbocycles. The third-order valence-electron chi connectivity index (χ3n) is 1.63. The smallest absolute Gasteiger partial charge is 0.0707 e. The third-order valence-corrected chi connectivity index (χ3v) is 1.63. The second-order valence-electron chi connectivity index (χ2n) is 4.29. The van der Waals surface area contributed by atoms with Gasteiger partial charge in [0, 0.05) is 6.54 Å². The molecule has 0 spiro atoms. The summed E-state index contributed by atoms with van der Waals surface area (Å²) in [5, 5.41) is 3.01. The van der Waals surface area contributed by atoms with E-state index in [9.17, 15) is 0 Å². The number of nitrogens with one attached hydrogen (secondary N) is 1. The standard InChI is InChI=1S/C11H25NO3/c1-11(2,3)15-10-9-14-8-7-13-6-5-12-4/h12H,5-10H2,1-4H3. The molecular formula is C11H25NO3. The number of rotatable bonds is 9. The first-order valence-corrected chi connectivity index (χ1v) is 5.50. The van der Waals surface area contributed by atoms with Gasteiger partial charge in [-0.3, -0.25) is 0 Å². The van der Waals surface area contributed by atoms with Crippen LogP contribution in [0.15, 0.2) is 0 Å². The number of likely N-dealkylation sites (N-methyl/N-ethyl adjacent to an activating group) is 1. The van der Waals surface area contributed by atoms with E-state index in [-0.39, 0.29) is 5.60 Å². The van der Waals surface area contributed by atoms with Crippen molar-refractivity contribution in [3.8, 4) is 0 Å². The highest BCUT2D eigenvalue weighted by Crippen LogP contribution is 2.05. The Morgan fingerprint density at radius 3 is 1.93 bits per heavy atom. The van der Waals surface area contributed by atoms with Gasteiger partial charge < -0.3 is 19.5 Å². The fourth-order valence-corrected chi connectivity index (χ4v) is 0.903. The second-order valence-corrected chi connectivity index (χ2v) is 4.29. The summed E-state index contributed by atoms with van der Waals surface area (Å²) in [6, 6.07) is 0. The molecule has 0 amide bonds. The van der Waals surface area contributed by atoms with E-state index in [0.29, 0.717) is 26.4 Å². The lowest BCUT2D eigenvalue weighted by Gasteiger charge is -2.19. The van der Waals surface area contributed by atoms with E-state index < -0.39 is 0 Å². The Morgan fingerprint density at radius 2 is 1.40 bits per heavy atom. The van der Waals surface area contributed by atoms with E-state index in [0.717, 1.165) is 13.2 Å². The lowest BCUT2D eigenvalue weighted by atomic mass is 10.2. The van der Waals surface area contributed by atoms with Gasteiger partial charge in [0.05, 0.1) is 38.6 Å². The van der Waals surface area contributed by atoms with Gasteiger partial charge in [-0.25, -0.2) is 0 Å². The molecule has 4 heteroatoms. The van der Waals surface area contributed by atoms with Crippen LogP contribution in [0.25, 0.3) is 0 Å². The summed E-state index contributed by atoms with van der Waals surface area (Å²) < 4.78 is 16.1. The van der Waals surface area contributed by atoms with Crippen molar-refractivity contribution >= 4 is 0 Å². The van der Waals surface area contributed by atoms with Gasteiger partial charge in [0.25, 0.3) is 0 Å². The molecule has 0 rings (SSSR count). The summed E-state index contributed by atoms with van der Waals surface area (Å²) in [4.78, 5) is 0. The molecule has 92 valence electrons. The van der Waals surface area contributed by atoms with Crippen molar-refractivity contribution in [2.24, 2.45) is 0 Å². The van der Waals surface area contributed by atoms with Crippen LogP contribution in [0.1, 0.15) is 20.8 Å². The van der Waals surface area contributed by atoms with Gasteiger partial charge in [0.15, 0.2) is 0 Å². The van der Waals surface area contributed by atoms with Crippen LogP contribution in [-0.2, 0) is 14.2 Å². The molecule has 0 aliphatic rings. The van der Waals surface area contributed by atoms with E-state index >= 15 is 0 Å². The van der Waals surface area contributed by atoms with Crippen molar-refractivity contribution in [1.82, 2.24) is 5.32 Å². The predicted molar refractivity (Wildman–Crippen MR) is 61.3 cm³/mol. The van der Waals surface area contributed by atoms with Crippen molar-refractivity contribution in [1.29, 1.82) is 0 Å². The maximum atomic E-state index is 5.50. The summed E-state index contributed by atoms with van der Waals surface area (Å²) in [6.45, 7) is 10.3. The lowest BCUT2D eigenvalue weighted by molar-refractivity contribution is -0.0422. The maximum Gasteiger partial charge on any atom is 0.0707 e. The van der Waals surface area contributed by atoms with Gasteiger partial charge >= 0.3 is 0 Å². The van der Waals surface area contributed by atoms with Crippen LogP contribution in [0.4, 0.5) is 0 Å². The van der Waals surface area contributed by atoms with Crippen LogP contribution in [0, 0.1) is 0 Å². The van der Waals surface area contributed by atoms with Crippen molar-refractivity contribution < 1.29 is 14.2 Å². The Morgan fingerprint density at radius 1 is 0.867 bits per heavy atom. The zero-order valence-corrected chi connectivity index (χ0v) is 10.5. The SMILES string of the molecule is CNCCOCCOCCOC(C)(C)C. The Labute approximate surface area is 93.3 Å². The molecule has 0 bridgehead atoms. The molecule has 0 unspecified atom stereocenters. The third kappa shape index (κ3) is 13.8. The molecule has 0 atom stereocenters. The zero-order valence-electron chi connectivity index (χ0n) is 10.5. The highest BCUT2D eigenvalue weighted by Gasteiger charge is 2.08. The fourth-order valence-electron chi connectivity index (χ4n) is 0.903. The van der Waals surface area contributed by atoms with E-state index in [1.54, 1.807) is 0 Å². The summed E-state index contributed by atoms with van der Waals surface area (Å²) in [5.41, 5.74) is -0.0767. The van der Waals surface area contributed by atoms with Gasteiger partial charge in [-0.15, -0.1) is 0 Å². The van der Waals surface area contributed by atoms with Crippen molar-refractivity contribution in [2.75, 3.05) is 46.6 Å². The van der Waals surface area contributed by atoms with E-state index in [1.807, 2.05) is 27.8 Å². The Hall–Kier alpha value is -0.160. The minimum atomic E-state index is -0.0767. The van der Waals surface area contributed by atoms with Gasteiger partial charge in [-0.1, -0.05) is 0 Å². The first-order valence-electron chi connectivity index (χ1n) is 5.50. The lowest BCUT2D eigenvalue weighted by Crippen LogP contribution is -2.22. The van der Waals surface area contributed by atoms with Crippen LogP contribution in [0.5, 0.6) is 0 Å². The average Bonchev–Trinajstić information content (AvgIpc) is 2.14. The average molecular weight is 219 g/mol. The molecule has 0 aliphatic heterocycles. The Balaban J connectivity index is 2.99. The largest absolute Gasteiger partial charge is 0.378 e. The molecular weight excluding hydrogens is 194 g/mol. The van der Waals surface area contributed by atoms with Crippen molar-refractivity contribution in [3.05, 3.63) is 0 Å². The molecule has 0 saturated heterocycles. The van der Waals surface area contributed by atoms with Gasteiger partial charge in [-0.05, 0) is 27.8 Å². The minimum absolute atomic E-state index is 0.0767. The molecule has 0 heterocycles. The molecule has 15 heavy (non-hydrogen) atoms. The highest BCUT2D eigenvalue weighted by atomic mass is 16.5. The summed E-state index contributed by atoms with van der Waals surface area (Å²) >= 11 is 0. The molecule has 0 fully saturated rings. The molecule has 0 aromatic heterocycles. The van der Waals surface area contributed by atoms with Crippen LogP contribution in [0.3, 0.4) is 0 Å². The maximum absolute atomic E-state index is 5.50.